The molecule has 0 bridgehead atoms. The number of nitrogens with zero attached hydrogens (tertiary/aromatic N) is 2. The van der Waals surface area contributed by atoms with E-state index in [1.807, 2.05) is 32.0 Å². The van der Waals surface area contributed by atoms with E-state index in [4.69, 9.17) is 0 Å². The number of carbonyl (C=O) groups excluding carboxylic acids is 1. The van der Waals surface area contributed by atoms with Crippen LogP contribution < -0.4 is 0 Å². The van der Waals surface area contributed by atoms with Crippen LogP contribution in [-0.4, -0.2) is 54.0 Å². The Balaban J connectivity index is 2.20. The molecule has 1 unspecified atom stereocenters. The molecule has 4 nitrogen and oxygen atoms in total. The van der Waals surface area contributed by atoms with Crippen molar-refractivity contribution in [1.82, 2.24) is 9.80 Å². The first-order valence-corrected chi connectivity index (χ1v) is 6.74. The fourth-order valence-electron chi connectivity index (χ4n) is 2.69. The van der Waals surface area contributed by atoms with E-state index in [9.17, 15) is 9.90 Å². The first kappa shape index (κ1) is 13.9. The van der Waals surface area contributed by atoms with Crippen LogP contribution in [0.25, 0.3) is 0 Å². The van der Waals surface area contributed by atoms with Crippen LogP contribution in [0.5, 0.6) is 5.75 Å². The van der Waals surface area contributed by atoms with Crippen molar-refractivity contribution in [2.24, 2.45) is 0 Å². The van der Waals surface area contributed by atoms with Gasteiger partial charge < -0.3 is 14.9 Å². The SMILES string of the molecule is Cc1ccc(O)c(C(=O)N2CCCC2CN(C)C)c1. The third-order valence-corrected chi connectivity index (χ3v) is 3.60. The minimum atomic E-state index is -0.0504. The molecule has 0 aromatic heterocycles. The molecule has 0 aliphatic carbocycles. The van der Waals surface area contributed by atoms with E-state index in [0.717, 1.165) is 31.5 Å². The molecule has 1 aliphatic rings. The maximum absolute atomic E-state index is 12.6. The molecular weight excluding hydrogens is 240 g/mol. The van der Waals surface area contributed by atoms with Gasteiger partial charge in [0.1, 0.15) is 5.75 Å². The van der Waals surface area contributed by atoms with Gasteiger partial charge in [-0.05, 0) is 46.0 Å². The van der Waals surface area contributed by atoms with Gasteiger partial charge in [0.2, 0.25) is 0 Å². The van der Waals surface area contributed by atoms with E-state index in [2.05, 4.69) is 4.90 Å². The average molecular weight is 262 g/mol. The molecule has 4 heteroatoms. The lowest BCUT2D eigenvalue weighted by Crippen LogP contribution is -2.41. The highest BCUT2D eigenvalue weighted by Gasteiger charge is 2.30. The number of benzene rings is 1. The lowest BCUT2D eigenvalue weighted by atomic mass is 10.1. The summed E-state index contributed by atoms with van der Waals surface area (Å²) in [5, 5.41) is 9.88. The molecule has 1 heterocycles. The van der Waals surface area contributed by atoms with Crippen molar-refractivity contribution in [2.75, 3.05) is 27.2 Å². The predicted molar refractivity (Wildman–Crippen MR) is 75.5 cm³/mol. The topological polar surface area (TPSA) is 43.8 Å². The van der Waals surface area contributed by atoms with Crippen molar-refractivity contribution in [3.05, 3.63) is 29.3 Å². The van der Waals surface area contributed by atoms with Crippen molar-refractivity contribution in [1.29, 1.82) is 0 Å². The van der Waals surface area contributed by atoms with E-state index in [0.29, 0.717) is 5.56 Å². The third-order valence-electron chi connectivity index (χ3n) is 3.60. The number of hydrogen-bond acceptors (Lipinski definition) is 3. The number of amides is 1. The van der Waals surface area contributed by atoms with Gasteiger partial charge in [-0.15, -0.1) is 0 Å². The number of aryl methyl sites for hydroxylation is 1. The lowest BCUT2D eigenvalue weighted by molar-refractivity contribution is 0.0713. The minimum Gasteiger partial charge on any atom is -0.507 e. The Bertz CT molecular complexity index is 471. The second-order valence-electron chi connectivity index (χ2n) is 5.58. The first-order chi connectivity index (χ1) is 8.99. The Labute approximate surface area is 114 Å². The van der Waals surface area contributed by atoms with E-state index in [-0.39, 0.29) is 17.7 Å². The molecule has 104 valence electrons. The molecule has 2 rings (SSSR count). The summed E-state index contributed by atoms with van der Waals surface area (Å²) in [7, 11) is 4.04. The first-order valence-electron chi connectivity index (χ1n) is 6.74. The van der Waals surface area contributed by atoms with Gasteiger partial charge in [-0.1, -0.05) is 11.6 Å². The average Bonchev–Trinajstić information content (AvgIpc) is 2.78. The van der Waals surface area contributed by atoms with Crippen molar-refractivity contribution >= 4 is 5.91 Å². The van der Waals surface area contributed by atoms with Crippen LogP contribution in [0.15, 0.2) is 18.2 Å². The number of rotatable bonds is 3. The smallest absolute Gasteiger partial charge is 0.257 e. The summed E-state index contributed by atoms with van der Waals surface area (Å²) >= 11 is 0. The largest absolute Gasteiger partial charge is 0.507 e. The van der Waals surface area contributed by atoms with Gasteiger partial charge in [0.05, 0.1) is 5.56 Å². The van der Waals surface area contributed by atoms with Crippen LogP contribution in [0.1, 0.15) is 28.8 Å². The zero-order valence-corrected chi connectivity index (χ0v) is 11.9. The summed E-state index contributed by atoms with van der Waals surface area (Å²) in [6.45, 7) is 3.58. The lowest BCUT2D eigenvalue weighted by Gasteiger charge is -2.27. The molecule has 1 aromatic rings. The molecular formula is C15H22N2O2. The fraction of sp³-hybridized carbons (Fsp3) is 0.533. The van der Waals surface area contributed by atoms with Crippen molar-refractivity contribution in [3.63, 3.8) is 0 Å². The maximum Gasteiger partial charge on any atom is 0.257 e. The summed E-state index contributed by atoms with van der Waals surface area (Å²) in [6, 6.07) is 5.43. The van der Waals surface area contributed by atoms with Gasteiger partial charge in [0.15, 0.2) is 0 Å². The molecule has 1 aromatic carbocycles. The van der Waals surface area contributed by atoms with Crippen molar-refractivity contribution in [3.8, 4) is 5.75 Å². The Morgan fingerprint density at radius 1 is 1.47 bits per heavy atom. The summed E-state index contributed by atoms with van der Waals surface area (Å²) in [6.07, 6.45) is 2.08. The van der Waals surface area contributed by atoms with Gasteiger partial charge in [0, 0.05) is 19.1 Å². The van der Waals surface area contributed by atoms with Gasteiger partial charge >= 0.3 is 0 Å². The zero-order chi connectivity index (χ0) is 14.0. The number of phenols is 1. The Kier molecular flexibility index (Phi) is 4.10. The Morgan fingerprint density at radius 3 is 2.89 bits per heavy atom. The van der Waals surface area contributed by atoms with Crippen molar-refractivity contribution < 1.29 is 9.90 Å². The number of aromatic hydroxyl groups is 1. The summed E-state index contributed by atoms with van der Waals surface area (Å²) in [4.78, 5) is 16.6. The van der Waals surface area contributed by atoms with Crippen LogP contribution in [-0.2, 0) is 0 Å². The normalized spacial score (nSPS) is 19.2. The summed E-state index contributed by atoms with van der Waals surface area (Å²) < 4.78 is 0. The highest BCUT2D eigenvalue weighted by Crippen LogP contribution is 2.25. The van der Waals surface area contributed by atoms with E-state index >= 15 is 0 Å². The standard InChI is InChI=1S/C15H22N2O2/c1-11-6-7-14(18)13(9-11)15(19)17-8-4-5-12(17)10-16(2)3/h6-7,9,12,18H,4-5,8,10H2,1-3H3. The van der Waals surface area contributed by atoms with E-state index in [1.165, 1.54) is 0 Å². The summed E-state index contributed by atoms with van der Waals surface area (Å²) in [5.41, 5.74) is 1.41. The number of likely N-dealkylation sites (N-methyl/N-ethyl adjacent to an activating group) is 1. The summed E-state index contributed by atoms with van der Waals surface area (Å²) in [5.74, 6) is 0.0247. The maximum atomic E-state index is 12.6. The zero-order valence-electron chi connectivity index (χ0n) is 11.9. The quantitative estimate of drug-likeness (QED) is 0.904. The van der Waals surface area contributed by atoms with Crippen molar-refractivity contribution in [2.45, 2.75) is 25.8 Å². The molecule has 1 fully saturated rings. The second-order valence-corrected chi connectivity index (χ2v) is 5.58. The molecule has 1 amide bonds. The van der Waals surface area contributed by atoms with Crippen LogP contribution in [0.3, 0.4) is 0 Å². The minimum absolute atomic E-state index is 0.0504. The number of likely N-dealkylation sites (tertiary alicyclic amines) is 1. The number of hydrogen-bond donors (Lipinski definition) is 1. The predicted octanol–water partition coefficient (Wildman–Crippen LogP) is 1.87. The second kappa shape index (κ2) is 5.61. The number of carbonyl (C=O) groups is 1. The number of phenolic OH excluding ortho intramolecular Hbond substituents is 1. The van der Waals surface area contributed by atoms with Gasteiger partial charge in [-0.2, -0.15) is 0 Å². The van der Waals surface area contributed by atoms with Crippen LogP contribution in [0.2, 0.25) is 0 Å². The van der Waals surface area contributed by atoms with Gasteiger partial charge in [-0.3, -0.25) is 4.79 Å². The van der Waals surface area contributed by atoms with Crippen LogP contribution in [0.4, 0.5) is 0 Å². The highest BCUT2D eigenvalue weighted by atomic mass is 16.3. The van der Waals surface area contributed by atoms with Crippen LogP contribution in [0, 0.1) is 6.92 Å². The third kappa shape index (κ3) is 3.07. The van der Waals surface area contributed by atoms with E-state index in [1.54, 1.807) is 12.1 Å². The molecule has 1 N–H and O–H groups in total. The molecule has 1 aliphatic heterocycles. The monoisotopic (exact) mass is 262 g/mol. The highest BCUT2D eigenvalue weighted by molar-refractivity contribution is 5.97. The Morgan fingerprint density at radius 2 is 2.21 bits per heavy atom. The molecule has 0 saturated carbocycles. The molecule has 1 atom stereocenters. The Hall–Kier alpha value is -1.55. The molecule has 19 heavy (non-hydrogen) atoms. The van der Waals surface area contributed by atoms with Gasteiger partial charge in [-0.25, -0.2) is 0 Å². The molecule has 0 radical (unpaired) electrons. The van der Waals surface area contributed by atoms with Crippen LogP contribution >= 0.6 is 0 Å². The molecule has 1 saturated heterocycles. The van der Waals surface area contributed by atoms with E-state index < -0.39 is 0 Å². The van der Waals surface area contributed by atoms with Gasteiger partial charge in [0.25, 0.3) is 5.91 Å². The fourth-order valence-corrected chi connectivity index (χ4v) is 2.69. The molecule has 0 spiro atoms.